The summed E-state index contributed by atoms with van der Waals surface area (Å²) in [5.41, 5.74) is 3.63. The lowest BCUT2D eigenvalue weighted by Gasteiger charge is -2.12. The lowest BCUT2D eigenvalue weighted by atomic mass is 10.1. The predicted octanol–water partition coefficient (Wildman–Crippen LogP) is 3.43. The Kier molecular flexibility index (Phi) is 5.87. The van der Waals surface area contributed by atoms with E-state index in [1.807, 2.05) is 32.0 Å². The highest BCUT2D eigenvalue weighted by atomic mass is 32.2. The van der Waals surface area contributed by atoms with Crippen LogP contribution in [0.15, 0.2) is 71.9 Å². The maximum Gasteiger partial charge on any atom is 0.255 e. The van der Waals surface area contributed by atoms with E-state index in [-0.39, 0.29) is 22.9 Å². The molecule has 0 unspecified atom stereocenters. The highest BCUT2D eigenvalue weighted by molar-refractivity contribution is 7.89. The molecule has 1 amide bonds. The van der Waals surface area contributed by atoms with Gasteiger partial charge in [0.05, 0.1) is 4.90 Å². The molecule has 0 spiro atoms. The van der Waals surface area contributed by atoms with Gasteiger partial charge in [-0.1, -0.05) is 30.3 Å². The van der Waals surface area contributed by atoms with E-state index >= 15 is 0 Å². The first-order valence-electron chi connectivity index (χ1n) is 8.73. The summed E-state index contributed by atoms with van der Waals surface area (Å²) in [5.74, 6) is -0.360. The second kappa shape index (κ2) is 8.33. The molecule has 0 aliphatic heterocycles. The number of nitrogens with zero attached hydrogens (tertiary/aromatic N) is 1. The van der Waals surface area contributed by atoms with Crippen molar-refractivity contribution in [2.24, 2.45) is 0 Å². The van der Waals surface area contributed by atoms with Crippen LogP contribution in [0.2, 0.25) is 0 Å². The van der Waals surface area contributed by atoms with Gasteiger partial charge in [-0.05, 0) is 54.8 Å². The Labute approximate surface area is 164 Å². The summed E-state index contributed by atoms with van der Waals surface area (Å²) in [4.78, 5) is 16.6. The Morgan fingerprint density at radius 3 is 2.39 bits per heavy atom. The van der Waals surface area contributed by atoms with Crippen LogP contribution in [0.4, 0.5) is 5.69 Å². The molecule has 0 saturated carbocycles. The minimum Gasteiger partial charge on any atom is -0.322 e. The van der Waals surface area contributed by atoms with E-state index in [0.717, 1.165) is 22.4 Å². The Bertz CT molecular complexity index is 1080. The van der Waals surface area contributed by atoms with E-state index in [4.69, 9.17) is 0 Å². The number of benzene rings is 2. The number of amides is 1. The van der Waals surface area contributed by atoms with Crippen molar-refractivity contribution in [2.75, 3.05) is 5.32 Å². The van der Waals surface area contributed by atoms with Gasteiger partial charge in [-0.15, -0.1) is 0 Å². The molecule has 28 heavy (non-hydrogen) atoms. The van der Waals surface area contributed by atoms with E-state index in [9.17, 15) is 13.2 Å². The van der Waals surface area contributed by atoms with Crippen LogP contribution in [-0.4, -0.2) is 19.3 Å². The first-order chi connectivity index (χ1) is 13.4. The molecule has 3 aromatic rings. The Hall–Kier alpha value is -3.03. The van der Waals surface area contributed by atoms with Crippen molar-refractivity contribution in [1.82, 2.24) is 9.71 Å². The van der Waals surface area contributed by atoms with Gasteiger partial charge in [0.1, 0.15) is 0 Å². The molecule has 2 N–H and O–H groups in total. The van der Waals surface area contributed by atoms with Crippen LogP contribution in [0.25, 0.3) is 0 Å². The molecule has 0 atom stereocenters. The fraction of sp³-hybridized carbons (Fsp3) is 0.143. The average molecular weight is 395 g/mol. The molecule has 0 bridgehead atoms. The third-order valence-corrected chi connectivity index (χ3v) is 5.71. The summed E-state index contributed by atoms with van der Waals surface area (Å²) < 4.78 is 27.7. The molecule has 7 heteroatoms. The van der Waals surface area contributed by atoms with Crippen molar-refractivity contribution < 1.29 is 13.2 Å². The van der Waals surface area contributed by atoms with E-state index in [0.29, 0.717) is 0 Å². The molecule has 0 aliphatic rings. The van der Waals surface area contributed by atoms with Gasteiger partial charge in [-0.25, -0.2) is 13.1 Å². The maximum atomic E-state index is 12.6. The molecular weight excluding hydrogens is 374 g/mol. The van der Waals surface area contributed by atoms with Gasteiger partial charge in [-0.3, -0.25) is 9.78 Å². The van der Waals surface area contributed by atoms with Crippen LogP contribution in [0.1, 0.15) is 27.0 Å². The largest absolute Gasteiger partial charge is 0.322 e. The second-order valence-corrected chi connectivity index (χ2v) is 8.20. The van der Waals surface area contributed by atoms with Gasteiger partial charge in [0.25, 0.3) is 5.91 Å². The summed E-state index contributed by atoms with van der Waals surface area (Å²) in [5, 5.41) is 2.87. The molecule has 0 aliphatic carbocycles. The SMILES string of the molecule is Cc1cccc(C)c1NC(=O)c1cccc(S(=O)(=O)NCc2cccnc2)c1. The third kappa shape index (κ3) is 4.62. The number of hydrogen-bond acceptors (Lipinski definition) is 4. The zero-order chi connectivity index (χ0) is 20.1. The van der Waals surface area contributed by atoms with Crippen molar-refractivity contribution in [3.8, 4) is 0 Å². The molecular formula is C21H21N3O3S. The summed E-state index contributed by atoms with van der Waals surface area (Å²) in [6.45, 7) is 3.94. The zero-order valence-electron chi connectivity index (χ0n) is 15.6. The Balaban J connectivity index is 1.78. The molecule has 2 aromatic carbocycles. The van der Waals surface area contributed by atoms with Crippen LogP contribution in [0, 0.1) is 13.8 Å². The quantitative estimate of drug-likeness (QED) is 0.669. The fourth-order valence-electron chi connectivity index (χ4n) is 2.77. The summed E-state index contributed by atoms with van der Waals surface area (Å²) in [6, 6.07) is 15.2. The number of carbonyl (C=O) groups excluding carboxylic acids is 1. The molecule has 1 aromatic heterocycles. The number of carbonyl (C=O) groups is 1. The van der Waals surface area contributed by atoms with E-state index < -0.39 is 10.0 Å². The number of anilines is 1. The van der Waals surface area contributed by atoms with Crippen LogP contribution >= 0.6 is 0 Å². The Morgan fingerprint density at radius 1 is 1.00 bits per heavy atom. The number of aryl methyl sites for hydroxylation is 2. The minimum absolute atomic E-state index is 0.0329. The number of sulfonamides is 1. The molecule has 6 nitrogen and oxygen atoms in total. The van der Waals surface area contributed by atoms with Gasteiger partial charge in [0.15, 0.2) is 0 Å². The van der Waals surface area contributed by atoms with Crippen molar-refractivity contribution in [3.63, 3.8) is 0 Å². The number of rotatable bonds is 6. The number of para-hydroxylation sites is 1. The van der Waals surface area contributed by atoms with Crippen LogP contribution in [-0.2, 0) is 16.6 Å². The van der Waals surface area contributed by atoms with Crippen LogP contribution < -0.4 is 10.0 Å². The minimum atomic E-state index is -3.76. The summed E-state index contributed by atoms with van der Waals surface area (Å²) >= 11 is 0. The molecule has 0 radical (unpaired) electrons. The second-order valence-electron chi connectivity index (χ2n) is 6.43. The predicted molar refractivity (Wildman–Crippen MR) is 109 cm³/mol. The third-order valence-electron chi connectivity index (χ3n) is 4.32. The monoisotopic (exact) mass is 395 g/mol. The fourth-order valence-corrected chi connectivity index (χ4v) is 3.83. The number of pyridine rings is 1. The van der Waals surface area contributed by atoms with Crippen LogP contribution in [0.3, 0.4) is 0 Å². The normalized spacial score (nSPS) is 11.2. The van der Waals surface area contributed by atoms with Crippen LogP contribution in [0.5, 0.6) is 0 Å². The number of hydrogen-bond donors (Lipinski definition) is 2. The Morgan fingerprint density at radius 2 is 1.71 bits per heavy atom. The maximum absolute atomic E-state index is 12.6. The van der Waals surface area contributed by atoms with Gasteiger partial charge in [0.2, 0.25) is 10.0 Å². The lowest BCUT2D eigenvalue weighted by Crippen LogP contribution is -2.24. The van der Waals surface area contributed by atoms with Gasteiger partial charge in [-0.2, -0.15) is 0 Å². The zero-order valence-corrected chi connectivity index (χ0v) is 16.5. The standard InChI is InChI=1S/C21H21N3O3S/c1-15-6-3-7-16(2)20(15)24-21(25)18-9-4-10-19(12-18)28(26,27)23-14-17-8-5-11-22-13-17/h3-13,23H,14H2,1-2H3,(H,24,25). The first kappa shape index (κ1) is 19.7. The van der Waals surface area contributed by atoms with Crippen molar-refractivity contribution in [3.05, 3.63) is 89.2 Å². The van der Waals surface area contributed by atoms with E-state index in [1.54, 1.807) is 36.7 Å². The van der Waals surface area contributed by atoms with E-state index in [1.165, 1.54) is 12.1 Å². The first-order valence-corrected chi connectivity index (χ1v) is 10.2. The van der Waals surface area contributed by atoms with Gasteiger partial charge >= 0.3 is 0 Å². The van der Waals surface area contributed by atoms with Gasteiger partial charge in [0, 0.05) is 30.2 Å². The molecule has 3 rings (SSSR count). The molecule has 0 fully saturated rings. The average Bonchev–Trinajstić information content (AvgIpc) is 2.70. The highest BCUT2D eigenvalue weighted by Gasteiger charge is 2.17. The van der Waals surface area contributed by atoms with Crippen molar-refractivity contribution in [2.45, 2.75) is 25.3 Å². The highest BCUT2D eigenvalue weighted by Crippen LogP contribution is 2.21. The smallest absolute Gasteiger partial charge is 0.255 e. The molecule has 144 valence electrons. The molecule has 0 saturated heterocycles. The van der Waals surface area contributed by atoms with Crippen molar-refractivity contribution >= 4 is 21.6 Å². The molecule has 1 heterocycles. The number of nitrogens with one attached hydrogen (secondary N) is 2. The van der Waals surface area contributed by atoms with E-state index in [2.05, 4.69) is 15.0 Å². The summed E-state index contributed by atoms with van der Waals surface area (Å²) in [7, 11) is -3.76. The number of aromatic nitrogens is 1. The summed E-state index contributed by atoms with van der Waals surface area (Å²) in [6.07, 6.45) is 3.22. The topological polar surface area (TPSA) is 88.2 Å². The lowest BCUT2D eigenvalue weighted by molar-refractivity contribution is 0.102. The van der Waals surface area contributed by atoms with Crippen molar-refractivity contribution in [1.29, 1.82) is 0 Å². The van der Waals surface area contributed by atoms with Gasteiger partial charge < -0.3 is 5.32 Å².